The smallest absolute Gasteiger partial charge is 0.330 e. The lowest BCUT2D eigenvalue weighted by molar-refractivity contribution is -0.248. The topological polar surface area (TPSA) is 374 Å². The van der Waals surface area contributed by atoms with Crippen molar-refractivity contribution >= 4 is 46.9 Å². The van der Waals surface area contributed by atoms with Gasteiger partial charge in [-0.25, -0.2) is 4.79 Å². The Morgan fingerprint density at radius 3 is 1.44 bits per heavy atom. The number of Topliss-reactive ketones (excluding diaryl/α,β-unsaturated/α-hetero) is 4. The zero-order valence-electron chi connectivity index (χ0n) is 68.0. The number of nitrogens with one attached hydrogen (secondary N) is 4. The van der Waals surface area contributed by atoms with Gasteiger partial charge in [0.05, 0.1) is 82.8 Å². The lowest BCUT2D eigenvalue weighted by Gasteiger charge is -2.41. The van der Waals surface area contributed by atoms with E-state index in [4.69, 9.17) is 42.6 Å². The average molecular weight is 1560 g/mol. The second-order valence-corrected chi connectivity index (χ2v) is 32.8. The maximum absolute atomic E-state index is 13.2. The van der Waals surface area contributed by atoms with Crippen LogP contribution in [0.15, 0.2) is 21.9 Å². The molecule has 0 radical (unpaired) electrons. The Labute approximate surface area is 654 Å². The number of fused-ring (bicyclic) bond motifs is 4. The number of ketones is 4. The molecule has 13 atom stereocenters. The third kappa shape index (κ3) is 35.8. The van der Waals surface area contributed by atoms with E-state index in [0.717, 1.165) is 89.9 Å². The first-order chi connectivity index (χ1) is 52.7. The number of aliphatic hydroxyl groups excluding tert-OH is 4. The van der Waals surface area contributed by atoms with E-state index in [9.17, 15) is 63.6 Å². The molecule has 630 valence electrons. The van der Waals surface area contributed by atoms with Crippen LogP contribution in [-0.4, -0.2) is 210 Å². The van der Waals surface area contributed by atoms with Crippen LogP contribution in [0.4, 0.5) is 0 Å². The minimum Gasteiger partial charge on any atom is -0.390 e. The fourth-order valence-corrected chi connectivity index (χ4v) is 14.4. The van der Waals surface area contributed by atoms with Gasteiger partial charge in [0, 0.05) is 115 Å². The molecule has 0 aliphatic carbocycles. The normalized spacial score (nSPS) is 25.1. The zero-order chi connectivity index (χ0) is 80.3. The SMILES string of the molecule is CCC.C[C@H]1[C@H]2OC[C@](COCCCCC(=O)CCCCCC(=O)CCOCC(COCCC(=O)CCCCCC(=O)CCCCOC[C@@]34CO[C@@H](O3)[C@H](C)[C@@H](O)[C@H]4O)NC(=O)CCCCCCCCCCC(=O)NCCCCCCNC(=O)/C=C/c3cn([C@H]4C[C@H](C)[C@@H](CC(C)(C)C)O4)c(=O)[nH]c3=O)(O2)[C@H](O)[C@@H]1O. The predicted molar refractivity (Wildman–Crippen MR) is 417 cm³/mol. The second-order valence-electron chi connectivity index (χ2n) is 32.8. The monoisotopic (exact) mass is 1560 g/mol. The van der Waals surface area contributed by atoms with E-state index >= 15 is 0 Å². The predicted octanol–water partition coefficient (Wildman–Crippen LogP) is 9.84. The molecule has 1 aromatic rings. The van der Waals surface area contributed by atoms with Crippen LogP contribution in [0.5, 0.6) is 0 Å². The van der Waals surface area contributed by atoms with Crippen molar-refractivity contribution in [3.63, 3.8) is 0 Å². The second kappa shape index (κ2) is 52.5. The lowest BCUT2D eigenvalue weighted by Crippen LogP contribution is -2.60. The number of aromatic amines is 1. The van der Waals surface area contributed by atoms with Crippen molar-refractivity contribution in [3.8, 4) is 0 Å². The van der Waals surface area contributed by atoms with Crippen molar-refractivity contribution < 1.29 is 96.6 Å². The molecule has 110 heavy (non-hydrogen) atoms. The van der Waals surface area contributed by atoms with Crippen LogP contribution in [0.1, 0.15) is 292 Å². The van der Waals surface area contributed by atoms with Crippen molar-refractivity contribution in [2.45, 2.75) is 347 Å². The van der Waals surface area contributed by atoms with Crippen molar-refractivity contribution in [2.24, 2.45) is 23.2 Å². The Hall–Kier alpha value is -5.01. The minimum atomic E-state index is -1.11. The molecular weight excluding hydrogens is 1420 g/mol. The van der Waals surface area contributed by atoms with Crippen molar-refractivity contribution in [1.29, 1.82) is 0 Å². The van der Waals surface area contributed by atoms with Gasteiger partial charge in [0.25, 0.3) is 5.56 Å². The Balaban J connectivity index is 0.00000710. The van der Waals surface area contributed by atoms with E-state index in [2.05, 4.69) is 62.5 Å². The zero-order valence-corrected chi connectivity index (χ0v) is 68.0. The van der Waals surface area contributed by atoms with E-state index < -0.39 is 71.7 Å². The van der Waals surface area contributed by atoms with Crippen LogP contribution in [0.25, 0.3) is 6.08 Å². The van der Waals surface area contributed by atoms with Gasteiger partial charge in [0.2, 0.25) is 17.7 Å². The summed E-state index contributed by atoms with van der Waals surface area (Å²) in [5.41, 5.74) is -3.02. The first-order valence-electron chi connectivity index (χ1n) is 41.9. The van der Waals surface area contributed by atoms with Gasteiger partial charge in [-0.05, 0) is 107 Å². The van der Waals surface area contributed by atoms with Crippen LogP contribution in [-0.2, 0) is 76.2 Å². The summed E-state index contributed by atoms with van der Waals surface area (Å²) in [5, 5.41) is 50.8. The molecule has 0 aromatic carbocycles. The molecule has 0 unspecified atom stereocenters. The Morgan fingerprint density at radius 1 is 0.555 bits per heavy atom. The van der Waals surface area contributed by atoms with Gasteiger partial charge in [0.1, 0.15) is 52.8 Å². The largest absolute Gasteiger partial charge is 0.390 e. The fraction of sp³-hybridized carbons (Fsp3) is 0.843. The number of carbonyl (C=O) groups excluding carboxylic acids is 7. The molecule has 4 bridgehead atoms. The summed E-state index contributed by atoms with van der Waals surface area (Å²) in [6.45, 7) is 19.3. The molecule has 3 amide bonds. The molecule has 27 nitrogen and oxygen atoms in total. The van der Waals surface area contributed by atoms with Crippen LogP contribution < -0.4 is 27.2 Å². The van der Waals surface area contributed by atoms with E-state index in [1.165, 1.54) is 29.3 Å². The lowest BCUT2D eigenvalue weighted by atomic mass is 9.85. The molecule has 6 heterocycles. The van der Waals surface area contributed by atoms with Gasteiger partial charge in [-0.1, -0.05) is 126 Å². The number of aliphatic hydroxyl groups is 4. The summed E-state index contributed by atoms with van der Waals surface area (Å²) in [4.78, 5) is 117. The molecule has 8 N–H and O–H groups in total. The first kappa shape index (κ1) is 95.6. The number of rotatable bonds is 59. The van der Waals surface area contributed by atoms with Gasteiger partial charge in [-0.3, -0.25) is 47.9 Å². The Kier molecular flexibility index (Phi) is 45.6. The highest BCUT2D eigenvalue weighted by atomic mass is 16.8. The quantitative estimate of drug-likeness (QED) is 0.0222. The summed E-state index contributed by atoms with van der Waals surface area (Å²) in [6.07, 6.45) is 22.7. The standard InChI is InChI=1S/C80H133N5O22.C3H8/c1-56-47-69(105-65(56)48-78(4,5)6)85-49-59(74(97)84-77(85)98)37-38-67(91)82-42-26-14-13-25-41-81-66(90)35-21-11-9-7-8-10-12-22-36-68(92)83-60(50-99-45-39-63(88)31-19-15-17-29-61(86)33-23-27-43-101-52-79-54-103-75(106-79)57(2)70(93)72(79)95)51-100-46-40-64(89)32-20-16-18-30-62(87)34-24-28-44-102-53-80-55-104-76(107-80)58(3)71(94)73(80)96;1-3-2/h37-38,49,56-58,60,65,69-73,75-76,93-96H,7-36,39-48,50-55H2,1-6H3,(H,81,90)(H,82,91)(H,83,92)(H,84,97,98);3H2,1-2H3/b38-37+;/t56-,57+,58+,65+,69+,70+,71+,72+,73+,75-,76-,79-,80-;/m0./s1. The molecule has 5 aliphatic rings. The number of unbranched alkanes of at least 4 members (excludes halogenated alkanes) is 16. The number of carbonyl (C=O) groups is 7. The average Bonchev–Trinajstić information content (AvgIpc) is 1.60. The summed E-state index contributed by atoms with van der Waals surface area (Å²) in [7, 11) is 0. The minimum absolute atomic E-state index is 0.00359. The van der Waals surface area contributed by atoms with Gasteiger partial charge in [0.15, 0.2) is 12.6 Å². The number of aromatic nitrogens is 2. The van der Waals surface area contributed by atoms with Crippen LogP contribution >= 0.6 is 0 Å². The number of ether oxygens (including phenoxy) is 9. The van der Waals surface area contributed by atoms with Gasteiger partial charge in [-0.2, -0.15) is 0 Å². The Bertz CT molecular complexity index is 2910. The molecule has 0 saturated carbocycles. The van der Waals surface area contributed by atoms with Crippen LogP contribution in [0.3, 0.4) is 0 Å². The van der Waals surface area contributed by atoms with E-state index in [-0.39, 0.29) is 141 Å². The summed E-state index contributed by atoms with van der Waals surface area (Å²) >= 11 is 0. The number of nitrogens with zero attached hydrogens (tertiary/aromatic N) is 1. The summed E-state index contributed by atoms with van der Waals surface area (Å²) in [5.74, 6) is -0.415. The number of hydrogen-bond acceptors (Lipinski definition) is 22. The molecule has 6 rings (SSSR count). The molecule has 0 spiro atoms. The Morgan fingerprint density at radius 2 is 0.964 bits per heavy atom. The van der Waals surface area contributed by atoms with E-state index in [0.29, 0.717) is 142 Å². The first-order valence-corrected chi connectivity index (χ1v) is 41.9. The molecule has 27 heteroatoms. The summed E-state index contributed by atoms with van der Waals surface area (Å²) in [6, 6.07) is -0.487. The van der Waals surface area contributed by atoms with Crippen molar-refractivity contribution in [3.05, 3.63) is 38.7 Å². The number of hydrogen-bond donors (Lipinski definition) is 8. The highest BCUT2D eigenvalue weighted by molar-refractivity contribution is 5.91. The van der Waals surface area contributed by atoms with Gasteiger partial charge >= 0.3 is 5.69 Å². The third-order valence-corrected chi connectivity index (χ3v) is 21.3. The molecule has 5 fully saturated rings. The molecule has 5 aliphatic heterocycles. The highest BCUT2D eigenvalue weighted by Gasteiger charge is 2.59. The maximum atomic E-state index is 13.2. The van der Waals surface area contributed by atoms with E-state index in [1.807, 2.05) is 0 Å². The number of amides is 3. The fourth-order valence-electron chi connectivity index (χ4n) is 14.4. The maximum Gasteiger partial charge on any atom is 0.330 e. The van der Waals surface area contributed by atoms with Gasteiger partial charge < -0.3 is 79.0 Å². The van der Waals surface area contributed by atoms with Crippen molar-refractivity contribution in [1.82, 2.24) is 25.5 Å². The van der Waals surface area contributed by atoms with Crippen LogP contribution in [0, 0.1) is 23.2 Å². The van der Waals surface area contributed by atoms with Crippen molar-refractivity contribution in [2.75, 3.05) is 79.2 Å². The highest BCUT2D eigenvalue weighted by Crippen LogP contribution is 2.42. The summed E-state index contributed by atoms with van der Waals surface area (Å²) < 4.78 is 54.0. The molecule has 1 aromatic heterocycles. The van der Waals surface area contributed by atoms with E-state index in [1.54, 1.807) is 13.8 Å². The molecular formula is C83H141N5O22. The third-order valence-electron chi connectivity index (χ3n) is 21.3. The van der Waals surface area contributed by atoms with Gasteiger partial charge in [-0.15, -0.1) is 0 Å². The van der Waals surface area contributed by atoms with Crippen LogP contribution in [0.2, 0.25) is 0 Å². The molecule has 5 saturated heterocycles. The number of H-pyrrole nitrogens is 1.